The van der Waals surface area contributed by atoms with Gasteiger partial charge in [-0.25, -0.2) is 0 Å². The van der Waals surface area contributed by atoms with Crippen molar-refractivity contribution in [3.63, 3.8) is 0 Å². The number of rotatable bonds is 6. The molecule has 1 saturated heterocycles. The Hall–Kier alpha value is -1.63. The molecule has 7 nitrogen and oxygen atoms in total. The van der Waals surface area contributed by atoms with E-state index in [-0.39, 0.29) is 35.6 Å². The van der Waals surface area contributed by atoms with Gasteiger partial charge in [-0.1, -0.05) is 33.1 Å². The van der Waals surface area contributed by atoms with Gasteiger partial charge in [0.1, 0.15) is 0 Å². The molecule has 3 amide bonds. The van der Waals surface area contributed by atoms with Crippen LogP contribution in [-0.4, -0.2) is 47.8 Å². The van der Waals surface area contributed by atoms with E-state index in [1.54, 1.807) is 0 Å². The highest BCUT2D eigenvalue weighted by Gasteiger charge is 2.30. The first-order valence-electron chi connectivity index (χ1n) is 10.5. The minimum absolute atomic E-state index is 0.0455. The van der Waals surface area contributed by atoms with Crippen LogP contribution < -0.4 is 16.2 Å². The van der Waals surface area contributed by atoms with E-state index in [9.17, 15) is 14.4 Å². The Morgan fingerprint density at radius 3 is 2.15 bits per heavy atom. The van der Waals surface area contributed by atoms with E-state index in [0.29, 0.717) is 12.5 Å². The first kappa shape index (κ1) is 21.7. The highest BCUT2D eigenvalue weighted by atomic mass is 16.2. The second-order valence-corrected chi connectivity index (χ2v) is 8.47. The number of carbonyl (C=O) groups excluding carboxylic acids is 3. The minimum Gasteiger partial charge on any atom is -0.353 e. The van der Waals surface area contributed by atoms with Crippen LogP contribution >= 0.6 is 0 Å². The molecule has 0 bridgehead atoms. The number of nitrogens with one attached hydrogen (secondary N) is 3. The Kier molecular flexibility index (Phi) is 8.54. The summed E-state index contributed by atoms with van der Waals surface area (Å²) in [6.45, 7) is 7.19. The number of hydrazine groups is 1. The minimum atomic E-state index is -0.327. The molecular formula is C20H36N4O3. The number of nitrogens with zero attached hydrogens (tertiary/aromatic N) is 1. The van der Waals surface area contributed by atoms with Gasteiger partial charge in [-0.15, -0.1) is 0 Å². The summed E-state index contributed by atoms with van der Waals surface area (Å²) in [6, 6.07) is 0.0233. The standard InChI is InChI=1S/C20H36N4O3/c1-14(2)13-18(25)22-23-19(26)15(3)24-11-9-16(10-12-24)20(27)21-17-7-5-4-6-8-17/h14-17H,4-13H2,1-3H3,(H,21,27)(H,22,25)(H,23,26). The number of likely N-dealkylation sites (tertiary alicyclic amines) is 1. The van der Waals surface area contributed by atoms with Gasteiger partial charge in [-0.2, -0.15) is 0 Å². The van der Waals surface area contributed by atoms with Crippen LogP contribution in [0.1, 0.15) is 72.1 Å². The fraction of sp³-hybridized carbons (Fsp3) is 0.850. The topological polar surface area (TPSA) is 90.5 Å². The lowest BCUT2D eigenvalue weighted by atomic mass is 9.92. The normalized spacial score (nSPS) is 20.9. The third-order valence-electron chi connectivity index (χ3n) is 5.70. The number of hydrogen-bond acceptors (Lipinski definition) is 4. The lowest BCUT2D eigenvalue weighted by molar-refractivity contribution is -0.133. The molecule has 7 heteroatoms. The molecule has 1 unspecified atom stereocenters. The van der Waals surface area contributed by atoms with Crippen molar-refractivity contribution in [2.45, 2.75) is 84.2 Å². The summed E-state index contributed by atoms with van der Waals surface area (Å²) in [7, 11) is 0. The summed E-state index contributed by atoms with van der Waals surface area (Å²) in [5.74, 6) is 0.0859. The maximum absolute atomic E-state index is 12.5. The van der Waals surface area contributed by atoms with Crippen molar-refractivity contribution in [1.82, 2.24) is 21.1 Å². The van der Waals surface area contributed by atoms with Gasteiger partial charge in [0.2, 0.25) is 11.8 Å². The van der Waals surface area contributed by atoms with E-state index in [0.717, 1.165) is 38.8 Å². The maximum Gasteiger partial charge on any atom is 0.255 e. The molecule has 0 aromatic heterocycles. The van der Waals surface area contributed by atoms with Crippen molar-refractivity contribution >= 4 is 17.7 Å². The number of piperidine rings is 1. The van der Waals surface area contributed by atoms with Crippen LogP contribution in [0.15, 0.2) is 0 Å². The molecule has 0 aromatic rings. The van der Waals surface area contributed by atoms with Crippen LogP contribution in [0.3, 0.4) is 0 Å². The Bertz CT molecular complexity index is 509. The third kappa shape index (κ3) is 7.13. The van der Waals surface area contributed by atoms with Gasteiger partial charge in [-0.05, 0) is 51.6 Å². The quantitative estimate of drug-likeness (QED) is 0.612. The van der Waals surface area contributed by atoms with Gasteiger partial charge in [0.25, 0.3) is 5.91 Å². The second kappa shape index (κ2) is 10.6. The van der Waals surface area contributed by atoms with Gasteiger partial charge in [-0.3, -0.25) is 30.1 Å². The summed E-state index contributed by atoms with van der Waals surface area (Å²) in [6.07, 6.45) is 7.84. The van der Waals surface area contributed by atoms with Crippen molar-refractivity contribution < 1.29 is 14.4 Å². The van der Waals surface area contributed by atoms with Crippen LogP contribution in [0, 0.1) is 11.8 Å². The molecule has 27 heavy (non-hydrogen) atoms. The van der Waals surface area contributed by atoms with Crippen LogP contribution in [0.4, 0.5) is 0 Å². The predicted molar refractivity (Wildman–Crippen MR) is 105 cm³/mol. The zero-order chi connectivity index (χ0) is 19.8. The van der Waals surface area contributed by atoms with Crippen LogP contribution in [0.25, 0.3) is 0 Å². The molecule has 2 fully saturated rings. The molecular weight excluding hydrogens is 344 g/mol. The van der Waals surface area contributed by atoms with Gasteiger partial charge in [0.15, 0.2) is 0 Å². The average Bonchev–Trinajstić information content (AvgIpc) is 2.66. The van der Waals surface area contributed by atoms with E-state index < -0.39 is 0 Å². The van der Waals surface area contributed by atoms with Gasteiger partial charge < -0.3 is 5.32 Å². The van der Waals surface area contributed by atoms with Gasteiger partial charge in [0, 0.05) is 18.4 Å². The molecule has 0 aromatic carbocycles. The second-order valence-electron chi connectivity index (χ2n) is 8.47. The van der Waals surface area contributed by atoms with Crippen LogP contribution in [-0.2, 0) is 14.4 Å². The summed E-state index contributed by atoms with van der Waals surface area (Å²) >= 11 is 0. The molecule has 1 heterocycles. The van der Waals surface area contributed by atoms with Crippen molar-refractivity contribution in [2.75, 3.05) is 13.1 Å². The third-order valence-corrected chi connectivity index (χ3v) is 5.70. The SMILES string of the molecule is CC(C)CC(=O)NNC(=O)C(C)N1CCC(C(=O)NC2CCCCC2)CC1. The predicted octanol–water partition coefficient (Wildman–Crippen LogP) is 1.73. The smallest absolute Gasteiger partial charge is 0.255 e. The first-order valence-corrected chi connectivity index (χ1v) is 10.5. The Balaban J connectivity index is 1.69. The Morgan fingerprint density at radius 1 is 0.926 bits per heavy atom. The average molecular weight is 381 g/mol. The van der Waals surface area contributed by atoms with E-state index in [1.807, 2.05) is 20.8 Å². The zero-order valence-corrected chi connectivity index (χ0v) is 17.1. The summed E-state index contributed by atoms with van der Waals surface area (Å²) < 4.78 is 0. The summed E-state index contributed by atoms with van der Waals surface area (Å²) in [4.78, 5) is 38.5. The Labute approximate surface area is 163 Å². The van der Waals surface area contributed by atoms with E-state index in [2.05, 4.69) is 21.1 Å². The van der Waals surface area contributed by atoms with Gasteiger partial charge in [0.05, 0.1) is 6.04 Å². The molecule has 3 N–H and O–H groups in total. The molecule has 2 rings (SSSR count). The summed E-state index contributed by atoms with van der Waals surface area (Å²) in [5, 5.41) is 3.22. The molecule has 1 atom stereocenters. The van der Waals surface area contributed by atoms with Crippen molar-refractivity contribution in [3.8, 4) is 0 Å². The highest BCUT2D eigenvalue weighted by molar-refractivity contribution is 5.85. The maximum atomic E-state index is 12.5. The largest absolute Gasteiger partial charge is 0.353 e. The fourth-order valence-corrected chi connectivity index (χ4v) is 3.94. The highest BCUT2D eigenvalue weighted by Crippen LogP contribution is 2.22. The van der Waals surface area contributed by atoms with Gasteiger partial charge >= 0.3 is 0 Å². The molecule has 0 radical (unpaired) electrons. The number of amides is 3. The van der Waals surface area contributed by atoms with E-state index >= 15 is 0 Å². The molecule has 1 aliphatic heterocycles. The molecule has 2 aliphatic rings. The lowest BCUT2D eigenvalue weighted by Crippen LogP contribution is -2.53. The number of hydrogen-bond donors (Lipinski definition) is 3. The molecule has 1 aliphatic carbocycles. The van der Waals surface area contributed by atoms with Crippen molar-refractivity contribution in [1.29, 1.82) is 0 Å². The van der Waals surface area contributed by atoms with Crippen LogP contribution in [0.5, 0.6) is 0 Å². The van der Waals surface area contributed by atoms with E-state index in [1.165, 1.54) is 19.3 Å². The Morgan fingerprint density at radius 2 is 1.56 bits per heavy atom. The molecule has 0 spiro atoms. The molecule has 154 valence electrons. The van der Waals surface area contributed by atoms with Crippen LogP contribution in [0.2, 0.25) is 0 Å². The fourth-order valence-electron chi connectivity index (χ4n) is 3.94. The molecule has 1 saturated carbocycles. The summed E-state index contributed by atoms with van der Waals surface area (Å²) in [5.41, 5.74) is 4.99. The number of carbonyl (C=O) groups is 3. The van der Waals surface area contributed by atoms with Crippen molar-refractivity contribution in [3.05, 3.63) is 0 Å². The van der Waals surface area contributed by atoms with E-state index in [4.69, 9.17) is 0 Å². The lowest BCUT2D eigenvalue weighted by Gasteiger charge is -2.35. The first-order chi connectivity index (χ1) is 12.9. The van der Waals surface area contributed by atoms with Crippen molar-refractivity contribution in [2.24, 2.45) is 11.8 Å². The zero-order valence-electron chi connectivity index (χ0n) is 17.1. The monoisotopic (exact) mass is 380 g/mol.